The van der Waals surface area contributed by atoms with Crippen LogP contribution in [0.1, 0.15) is 19.3 Å². The molecule has 2 aromatic carbocycles. The van der Waals surface area contributed by atoms with Gasteiger partial charge in [-0.1, -0.05) is 36.4 Å². The average molecular weight is 304 g/mol. The van der Waals surface area contributed by atoms with Crippen LogP contribution in [0.5, 0.6) is 11.5 Å². The van der Waals surface area contributed by atoms with Gasteiger partial charge >= 0.3 is 0 Å². The minimum absolute atomic E-state index is 0.292. The molecule has 0 spiro atoms. The molecule has 0 aromatic heterocycles. The van der Waals surface area contributed by atoms with Crippen LogP contribution in [0, 0.1) is 0 Å². The largest absolute Gasteiger partial charge is 0.455 e. The lowest BCUT2D eigenvalue weighted by Gasteiger charge is -2.20. The molecule has 3 nitrogen and oxygen atoms in total. The summed E-state index contributed by atoms with van der Waals surface area (Å²) in [5, 5.41) is 0. The molecule has 0 radical (unpaired) electrons. The molecule has 1 unspecified atom stereocenters. The van der Waals surface area contributed by atoms with Crippen molar-refractivity contribution in [2.45, 2.75) is 25.6 Å². The van der Waals surface area contributed by atoms with Crippen molar-refractivity contribution in [2.75, 3.05) is 6.61 Å². The van der Waals surface area contributed by atoms with Crippen molar-refractivity contribution < 1.29 is 14.0 Å². The van der Waals surface area contributed by atoms with Gasteiger partial charge in [0.15, 0.2) is 0 Å². The van der Waals surface area contributed by atoms with Crippen LogP contribution < -0.4 is 9.47 Å². The lowest BCUT2D eigenvalue weighted by Crippen LogP contribution is -2.24. The SMILES string of the molecule is POCCCCC(Oc1ccccc1)Oc1ccccc1. The number of para-hydroxylation sites is 2. The van der Waals surface area contributed by atoms with Gasteiger partial charge in [0, 0.05) is 15.9 Å². The topological polar surface area (TPSA) is 27.7 Å². The molecule has 0 N–H and O–H groups in total. The minimum atomic E-state index is -0.292. The van der Waals surface area contributed by atoms with Gasteiger partial charge in [-0.15, -0.1) is 0 Å². The molecule has 4 heteroatoms. The maximum atomic E-state index is 5.93. The Morgan fingerprint density at radius 1 is 0.762 bits per heavy atom. The maximum Gasteiger partial charge on any atom is 0.241 e. The Morgan fingerprint density at radius 2 is 1.29 bits per heavy atom. The molecule has 0 heterocycles. The first-order valence-electron chi connectivity index (χ1n) is 7.13. The summed E-state index contributed by atoms with van der Waals surface area (Å²) in [4.78, 5) is 0. The normalized spacial score (nSPS) is 10.6. The third-order valence-electron chi connectivity index (χ3n) is 2.97. The third kappa shape index (κ3) is 6.16. The van der Waals surface area contributed by atoms with E-state index in [2.05, 4.69) is 9.47 Å². The number of rotatable bonds is 9. The van der Waals surface area contributed by atoms with E-state index in [0.29, 0.717) is 0 Å². The van der Waals surface area contributed by atoms with Gasteiger partial charge in [-0.25, -0.2) is 0 Å². The Labute approximate surface area is 128 Å². The quantitative estimate of drug-likeness (QED) is 0.389. The molecular formula is C17H21O3P. The van der Waals surface area contributed by atoms with E-state index >= 15 is 0 Å². The van der Waals surface area contributed by atoms with Gasteiger partial charge in [0.25, 0.3) is 0 Å². The molecule has 0 aliphatic heterocycles. The number of benzene rings is 2. The fraction of sp³-hybridized carbons (Fsp3) is 0.294. The highest BCUT2D eigenvalue weighted by molar-refractivity contribution is 7.09. The highest BCUT2D eigenvalue weighted by Gasteiger charge is 2.12. The first kappa shape index (κ1) is 15.8. The smallest absolute Gasteiger partial charge is 0.241 e. The number of unbranched alkanes of at least 4 members (excludes halogenated alkanes) is 1. The number of ether oxygens (including phenoxy) is 2. The van der Waals surface area contributed by atoms with E-state index in [1.165, 1.54) is 0 Å². The molecule has 21 heavy (non-hydrogen) atoms. The van der Waals surface area contributed by atoms with Crippen LogP contribution in [0.4, 0.5) is 0 Å². The van der Waals surface area contributed by atoms with Gasteiger partial charge < -0.3 is 14.0 Å². The van der Waals surface area contributed by atoms with Crippen LogP contribution in [0.3, 0.4) is 0 Å². The highest BCUT2D eigenvalue weighted by Crippen LogP contribution is 2.18. The van der Waals surface area contributed by atoms with E-state index in [0.717, 1.165) is 37.4 Å². The lowest BCUT2D eigenvalue weighted by atomic mass is 10.2. The average Bonchev–Trinajstić information content (AvgIpc) is 2.53. The van der Waals surface area contributed by atoms with Crippen molar-refractivity contribution in [3.8, 4) is 11.5 Å². The van der Waals surface area contributed by atoms with Crippen molar-refractivity contribution in [2.24, 2.45) is 0 Å². The molecule has 2 aromatic rings. The molecule has 0 aliphatic carbocycles. The maximum absolute atomic E-state index is 5.93. The van der Waals surface area contributed by atoms with Gasteiger partial charge in [-0.3, -0.25) is 0 Å². The van der Waals surface area contributed by atoms with E-state index in [1.54, 1.807) is 0 Å². The van der Waals surface area contributed by atoms with E-state index in [1.807, 2.05) is 60.7 Å². The van der Waals surface area contributed by atoms with Crippen molar-refractivity contribution >= 4 is 9.47 Å². The summed E-state index contributed by atoms with van der Waals surface area (Å²) in [6.07, 6.45) is 2.49. The van der Waals surface area contributed by atoms with Gasteiger partial charge in [-0.2, -0.15) is 0 Å². The fourth-order valence-corrected chi connectivity index (χ4v) is 2.11. The number of hydrogen-bond donors (Lipinski definition) is 0. The van der Waals surface area contributed by atoms with Gasteiger partial charge in [0.05, 0.1) is 6.61 Å². The van der Waals surface area contributed by atoms with Gasteiger partial charge in [0.1, 0.15) is 11.5 Å². The van der Waals surface area contributed by atoms with Gasteiger partial charge in [-0.05, 0) is 37.1 Å². The molecule has 0 bridgehead atoms. The molecule has 2 rings (SSSR count). The Morgan fingerprint density at radius 3 is 1.76 bits per heavy atom. The monoisotopic (exact) mass is 304 g/mol. The van der Waals surface area contributed by atoms with Crippen LogP contribution >= 0.6 is 9.47 Å². The van der Waals surface area contributed by atoms with Crippen LogP contribution in [-0.2, 0) is 4.52 Å². The molecular weight excluding hydrogens is 283 g/mol. The number of hydrogen-bond acceptors (Lipinski definition) is 3. The summed E-state index contributed by atoms with van der Waals surface area (Å²) in [5.74, 6) is 1.64. The Bertz CT molecular complexity index is 448. The molecule has 0 saturated carbocycles. The van der Waals surface area contributed by atoms with Crippen molar-refractivity contribution in [1.82, 2.24) is 0 Å². The predicted octanol–water partition coefficient (Wildman–Crippen LogP) is 4.45. The summed E-state index contributed by atoms with van der Waals surface area (Å²) >= 11 is 0. The molecule has 0 saturated heterocycles. The Hall–Kier alpha value is -1.57. The minimum Gasteiger partial charge on any atom is -0.455 e. The highest BCUT2D eigenvalue weighted by atomic mass is 31.0. The van der Waals surface area contributed by atoms with E-state index in [4.69, 9.17) is 14.0 Å². The zero-order valence-electron chi connectivity index (χ0n) is 12.0. The molecule has 1 atom stereocenters. The van der Waals surface area contributed by atoms with Crippen LogP contribution in [0.25, 0.3) is 0 Å². The second-order valence-electron chi connectivity index (χ2n) is 4.66. The fourth-order valence-electron chi connectivity index (χ4n) is 1.94. The predicted molar refractivity (Wildman–Crippen MR) is 87.4 cm³/mol. The van der Waals surface area contributed by atoms with E-state index in [9.17, 15) is 0 Å². The molecule has 0 amide bonds. The first-order valence-corrected chi connectivity index (χ1v) is 7.61. The zero-order valence-corrected chi connectivity index (χ0v) is 13.1. The standard InChI is InChI=1S/C17H21O3P/c21-18-14-8-7-13-17(19-15-9-3-1-4-10-15)20-16-11-5-2-6-12-16/h1-6,9-12,17H,7-8,13-14,21H2. The lowest BCUT2D eigenvalue weighted by molar-refractivity contribution is -0.00279. The zero-order chi connectivity index (χ0) is 14.8. The first-order chi connectivity index (χ1) is 10.4. The van der Waals surface area contributed by atoms with E-state index < -0.39 is 0 Å². The third-order valence-corrected chi connectivity index (χ3v) is 3.21. The van der Waals surface area contributed by atoms with Crippen LogP contribution in [0.15, 0.2) is 60.7 Å². The van der Waals surface area contributed by atoms with Crippen molar-refractivity contribution in [3.63, 3.8) is 0 Å². The van der Waals surface area contributed by atoms with Crippen molar-refractivity contribution in [3.05, 3.63) is 60.7 Å². The summed E-state index contributed by atoms with van der Waals surface area (Å²) < 4.78 is 16.9. The summed E-state index contributed by atoms with van der Waals surface area (Å²) in [5.41, 5.74) is 0. The summed E-state index contributed by atoms with van der Waals surface area (Å²) in [6, 6.07) is 19.5. The summed E-state index contributed by atoms with van der Waals surface area (Å²) in [6.45, 7) is 0.730. The van der Waals surface area contributed by atoms with Crippen LogP contribution in [0.2, 0.25) is 0 Å². The van der Waals surface area contributed by atoms with Crippen LogP contribution in [-0.4, -0.2) is 12.9 Å². The second kappa shape index (κ2) is 9.38. The van der Waals surface area contributed by atoms with Crippen molar-refractivity contribution in [1.29, 1.82) is 0 Å². The molecule has 112 valence electrons. The Kier molecular flexibility index (Phi) is 7.06. The molecule has 0 aliphatic rings. The Balaban J connectivity index is 1.93. The second-order valence-corrected chi connectivity index (χ2v) is 4.99. The molecule has 0 fully saturated rings. The van der Waals surface area contributed by atoms with E-state index in [-0.39, 0.29) is 6.29 Å². The summed E-state index contributed by atoms with van der Waals surface area (Å²) in [7, 11) is 2.27. The van der Waals surface area contributed by atoms with Gasteiger partial charge in [0.2, 0.25) is 6.29 Å².